The van der Waals surface area contributed by atoms with E-state index >= 15 is 0 Å². The van der Waals surface area contributed by atoms with E-state index in [1.165, 1.54) is 44.6 Å². The maximum absolute atomic E-state index is 12.2. The first kappa shape index (κ1) is 36.6. The van der Waals surface area contributed by atoms with Gasteiger partial charge in [-0.1, -0.05) is 98.8 Å². The van der Waals surface area contributed by atoms with Crippen molar-refractivity contribution in [2.75, 3.05) is 0 Å². The molecule has 0 amide bonds. The first-order valence-electron chi connectivity index (χ1n) is 16.4. The third-order valence-corrected chi connectivity index (χ3v) is 10.8. The predicted molar refractivity (Wildman–Crippen MR) is 184 cm³/mol. The Hall–Kier alpha value is -2.82. The Balaban J connectivity index is 0.000000270. The van der Waals surface area contributed by atoms with E-state index in [0.717, 1.165) is 42.6 Å². The van der Waals surface area contributed by atoms with Crippen LogP contribution >= 0.6 is 0 Å². The minimum absolute atomic E-state index is 0. The molecule has 5 rings (SSSR count). The number of aryl methyl sites for hydroxylation is 1. The van der Waals surface area contributed by atoms with E-state index in [-0.39, 0.29) is 48.0 Å². The van der Waals surface area contributed by atoms with Crippen LogP contribution in [0.15, 0.2) is 42.4 Å². The Morgan fingerprint density at radius 3 is 2.16 bits per heavy atom. The third kappa shape index (κ3) is 6.30. The molecule has 0 saturated carbocycles. The maximum Gasteiger partial charge on any atom is 0.164 e. The second kappa shape index (κ2) is 13.5. The van der Waals surface area contributed by atoms with Crippen molar-refractivity contribution in [3.05, 3.63) is 70.9 Å². The quantitative estimate of drug-likeness (QED) is 0.0836. The van der Waals surface area contributed by atoms with Gasteiger partial charge in [-0.3, -0.25) is 9.78 Å². The Morgan fingerprint density at radius 1 is 1.00 bits per heavy atom. The van der Waals surface area contributed by atoms with Crippen LogP contribution in [0.1, 0.15) is 123 Å². The van der Waals surface area contributed by atoms with Crippen molar-refractivity contribution in [2.24, 2.45) is 10.8 Å². The maximum atomic E-state index is 12.2. The van der Waals surface area contributed by atoms with Gasteiger partial charge in [0.15, 0.2) is 5.78 Å². The third-order valence-electron chi connectivity index (χ3n) is 10.8. The van der Waals surface area contributed by atoms with E-state index in [1.54, 1.807) is 6.33 Å². The smallest absolute Gasteiger partial charge is 0.164 e. The van der Waals surface area contributed by atoms with Crippen molar-refractivity contribution >= 4 is 27.5 Å². The Bertz CT molecular complexity index is 1740. The van der Waals surface area contributed by atoms with E-state index in [1.807, 2.05) is 41.5 Å². The number of ketones is 1. The zero-order chi connectivity index (χ0) is 32.8. The summed E-state index contributed by atoms with van der Waals surface area (Å²) in [5.41, 5.74) is 7.42. The fraction of sp³-hybridized carbons (Fsp3) is 0.513. The van der Waals surface area contributed by atoms with Crippen LogP contribution in [-0.2, 0) is 30.4 Å². The van der Waals surface area contributed by atoms with Gasteiger partial charge in [-0.05, 0) is 84.5 Å². The number of rotatable bonds is 8. The van der Waals surface area contributed by atoms with Crippen LogP contribution < -0.4 is 0 Å². The molecule has 4 aromatic rings. The van der Waals surface area contributed by atoms with Crippen LogP contribution in [-0.4, -0.2) is 25.4 Å². The fourth-order valence-electron chi connectivity index (χ4n) is 6.46. The molecule has 3 heterocycles. The summed E-state index contributed by atoms with van der Waals surface area (Å²) in [5.74, 6) is 0.791. The van der Waals surface area contributed by atoms with Crippen LogP contribution in [0.3, 0.4) is 0 Å². The summed E-state index contributed by atoms with van der Waals surface area (Å²) in [6, 6.07) is 12.7. The second-order valence-electron chi connectivity index (χ2n) is 14.0. The van der Waals surface area contributed by atoms with Crippen molar-refractivity contribution in [3.8, 4) is 11.4 Å². The SMILES string of the molecule is CCC(C)(CC)C(=O)/C=C(\O)C(C)(CC)CC.Cc1[c-]c2n(c1C)C(C)(C)c1c3ccc(C(C)C)cc3cc3ncnc-2c13.[Ir]. The van der Waals surface area contributed by atoms with Gasteiger partial charge in [0.1, 0.15) is 12.1 Å². The number of fused-ring (bicyclic) bond motifs is 4. The summed E-state index contributed by atoms with van der Waals surface area (Å²) in [6.07, 6.45) is 6.44. The average Bonchev–Trinajstić information content (AvgIpc) is 3.32. The molecule has 0 unspecified atom stereocenters. The zero-order valence-electron chi connectivity index (χ0n) is 29.4. The molecule has 5 nitrogen and oxygen atoms in total. The molecule has 0 saturated heterocycles. The first-order chi connectivity index (χ1) is 20.6. The Morgan fingerprint density at radius 2 is 1.60 bits per heavy atom. The van der Waals surface area contributed by atoms with E-state index in [2.05, 4.69) is 86.4 Å². The summed E-state index contributed by atoms with van der Waals surface area (Å²) < 4.78 is 2.40. The molecular formula is C39H52IrN3O2-. The molecule has 0 atom stereocenters. The molecule has 6 heteroatoms. The number of nitrogens with zero attached hydrogens (tertiary/aromatic N) is 3. The van der Waals surface area contributed by atoms with Crippen molar-refractivity contribution < 1.29 is 30.0 Å². The molecule has 45 heavy (non-hydrogen) atoms. The number of hydrogen-bond acceptors (Lipinski definition) is 4. The second-order valence-corrected chi connectivity index (χ2v) is 14.0. The van der Waals surface area contributed by atoms with E-state index in [0.29, 0.717) is 5.92 Å². The molecule has 1 N–H and O–H groups in total. The topological polar surface area (TPSA) is 68.0 Å². The standard InChI is InChI=1S/C24H24N3.C15H28O2.Ir/c1-13(2)16-7-8-18-17(10-16)11-19-21-22(18)24(5,6)27-15(4)14(3)9-20(27)23(21)26-12-25-19;1-7-14(5,8-2)12(16)11-13(17)15(6,9-3)10-4;/h7-8,10-13H,1-6H3;11,16H,7-10H2,1-6H3;/q-1;;/b;12-11-;. The Kier molecular flexibility index (Phi) is 11.0. The van der Waals surface area contributed by atoms with Gasteiger partial charge in [0, 0.05) is 37.0 Å². The molecule has 0 spiro atoms. The molecule has 1 radical (unpaired) electrons. The van der Waals surface area contributed by atoms with Crippen LogP contribution in [0.2, 0.25) is 0 Å². The van der Waals surface area contributed by atoms with E-state index in [9.17, 15) is 9.90 Å². The first-order valence-corrected chi connectivity index (χ1v) is 16.4. The molecule has 2 aromatic carbocycles. The normalized spacial score (nSPS) is 14.2. The van der Waals surface area contributed by atoms with Crippen LogP contribution in [0.5, 0.6) is 0 Å². The predicted octanol–water partition coefficient (Wildman–Crippen LogP) is 10.5. The summed E-state index contributed by atoms with van der Waals surface area (Å²) in [6.45, 7) is 25.5. The summed E-state index contributed by atoms with van der Waals surface area (Å²) in [5, 5.41) is 13.9. The minimum Gasteiger partial charge on any atom is -0.512 e. The van der Waals surface area contributed by atoms with Gasteiger partial charge < -0.3 is 9.67 Å². The molecule has 0 fully saturated rings. The molecule has 245 valence electrons. The van der Waals surface area contributed by atoms with E-state index in [4.69, 9.17) is 0 Å². The van der Waals surface area contributed by atoms with Gasteiger partial charge >= 0.3 is 0 Å². The van der Waals surface area contributed by atoms with Crippen molar-refractivity contribution in [1.82, 2.24) is 14.5 Å². The Labute approximate surface area is 284 Å². The van der Waals surface area contributed by atoms with Gasteiger partial charge in [-0.2, -0.15) is 6.07 Å². The molecule has 0 bridgehead atoms. The summed E-state index contributed by atoms with van der Waals surface area (Å²) in [4.78, 5) is 21.5. The largest absolute Gasteiger partial charge is 0.512 e. The number of aliphatic hydroxyl groups excluding tert-OH is 1. The summed E-state index contributed by atoms with van der Waals surface area (Å²) >= 11 is 0. The van der Waals surface area contributed by atoms with Crippen LogP contribution in [0, 0.1) is 30.7 Å². The van der Waals surface area contributed by atoms with Gasteiger partial charge in [0.2, 0.25) is 0 Å². The molecule has 1 aliphatic heterocycles. The zero-order valence-corrected chi connectivity index (χ0v) is 31.8. The number of hydrogen-bond donors (Lipinski definition) is 1. The molecule has 0 aliphatic carbocycles. The van der Waals surface area contributed by atoms with E-state index < -0.39 is 0 Å². The number of benzene rings is 2. The fourth-order valence-corrected chi connectivity index (χ4v) is 6.46. The number of carbonyl (C=O) groups excluding carboxylic acids is 1. The van der Waals surface area contributed by atoms with Crippen LogP contribution in [0.25, 0.3) is 33.1 Å². The average molecular weight is 787 g/mol. The number of allylic oxidation sites excluding steroid dienone is 2. The molecule has 1 aliphatic rings. The van der Waals surface area contributed by atoms with Gasteiger partial charge in [-0.15, -0.1) is 5.56 Å². The van der Waals surface area contributed by atoms with Crippen molar-refractivity contribution in [1.29, 1.82) is 0 Å². The number of carbonyl (C=O) groups is 1. The van der Waals surface area contributed by atoms with Gasteiger partial charge in [-0.25, -0.2) is 4.98 Å². The number of aromatic nitrogens is 3. The van der Waals surface area contributed by atoms with Gasteiger partial charge in [0.25, 0.3) is 0 Å². The van der Waals surface area contributed by atoms with Crippen molar-refractivity contribution in [3.63, 3.8) is 0 Å². The minimum atomic E-state index is -0.337. The summed E-state index contributed by atoms with van der Waals surface area (Å²) in [7, 11) is 0. The van der Waals surface area contributed by atoms with Gasteiger partial charge in [0.05, 0.1) is 11.1 Å². The monoisotopic (exact) mass is 787 g/mol. The number of aliphatic hydroxyl groups is 1. The van der Waals surface area contributed by atoms with Crippen molar-refractivity contribution in [2.45, 2.75) is 120 Å². The molecule has 2 aromatic heterocycles. The van der Waals surface area contributed by atoms with Crippen LogP contribution in [0.4, 0.5) is 0 Å². The molecular weight excluding hydrogens is 735 g/mol.